The number of hydrogen-bond donors (Lipinski definition) is 0. The second-order valence-corrected chi connectivity index (χ2v) is 57.3. The summed E-state index contributed by atoms with van der Waals surface area (Å²) >= 11 is 0. The number of fused-ring (bicyclic) bond motifs is 14. The van der Waals surface area contributed by atoms with Crippen molar-refractivity contribution in [2.24, 2.45) is 0 Å². The second-order valence-electron chi connectivity index (χ2n) is 40.3. The lowest BCUT2D eigenvalue weighted by atomic mass is 9.93. The van der Waals surface area contributed by atoms with Crippen LogP contribution in [0.15, 0.2) is 485 Å². The van der Waals surface area contributed by atoms with Crippen molar-refractivity contribution in [1.29, 1.82) is 0 Å². The fourth-order valence-corrected chi connectivity index (χ4v) is 34.0. The Morgan fingerprint density at radius 3 is 0.747 bits per heavy atom. The van der Waals surface area contributed by atoms with Gasteiger partial charge < -0.3 is 0 Å². The van der Waals surface area contributed by atoms with Gasteiger partial charge in [0.1, 0.15) is 32.3 Å². The van der Waals surface area contributed by atoms with Gasteiger partial charge in [0, 0.05) is 88.0 Å². The molecule has 12 heteroatoms. The number of hydrogen-bond acceptors (Lipinski definition) is 8. The molecule has 0 saturated carbocycles. The molecule has 0 aliphatic carbocycles. The van der Waals surface area contributed by atoms with Gasteiger partial charge in [-0.25, -0.2) is 39.9 Å². The van der Waals surface area contributed by atoms with E-state index >= 15 is 0 Å². The van der Waals surface area contributed by atoms with E-state index in [1.807, 2.05) is 0 Å². The van der Waals surface area contributed by atoms with Crippen LogP contribution in [0.1, 0.15) is 0 Å². The van der Waals surface area contributed by atoms with Crippen LogP contribution < -0.4 is 42.0 Å². The normalized spacial score (nSPS) is 13.3. The molecule has 0 amide bonds. The van der Waals surface area contributed by atoms with Crippen molar-refractivity contribution < 1.29 is 0 Å². The second kappa shape index (κ2) is 38.0. The third kappa shape index (κ3) is 16.6. The summed E-state index contributed by atoms with van der Waals surface area (Å²) in [4.78, 5) is 42.6. The van der Waals surface area contributed by atoms with Crippen molar-refractivity contribution >= 4 is 95.9 Å². The molecule has 0 radical (unpaired) electrons. The molecule has 0 unspecified atom stereocenters. The van der Waals surface area contributed by atoms with Gasteiger partial charge in [-0.3, -0.25) is 0 Å². The summed E-state index contributed by atoms with van der Waals surface area (Å²) in [5.74, 6) is 3.20. The molecular formula is C134H104N8Si4. The van der Waals surface area contributed by atoms with Gasteiger partial charge >= 0.3 is 0 Å². The standard InChI is InChI=1S/2C36H28N2Si.C34H26N2Si.C28H22N2Si/c1-39(2)32-24-14-13-23-31(32)33-34(29-21-11-9-19-27(29)25-15-5-3-6-16-25)37-35(38-36(33)39)30-22-12-10-20-28(30)26-17-7-4-8-18-26;1-39(2)32-23-12-11-22-31(32)33-34(28-19-13-18-27(24-28)25-14-5-3-6-15-25)37-35(38-36(33)39)30-21-10-9-20-29(30)26-16-7-4-8-17-26;1-37(2)30-18-9-8-17-29(30)31-32(24-12-4-3-5-13-24)35-33(36-34(31)37)28-16-10-15-26(22-28)27-20-19-23-11-6-7-14-25(23)21-27;1-31(2)24-15-9-8-14-23(24)25-26(20-11-4-3-5-12-20)29-27(30-28(25)31)22-17-16-19-10-6-7-13-21(19)18-22/h2*3-24H,1-2H3;3-22H,1-2H3;3-18H,1-2H3. The monoisotopic (exact) mass is 1940 g/mol. The summed E-state index contributed by atoms with van der Waals surface area (Å²) in [7, 11) is -7.97. The lowest BCUT2D eigenvalue weighted by molar-refractivity contribution is 1.21. The largest absolute Gasteiger partial charge is 0.237 e. The Hall–Kier alpha value is -17.1. The molecule has 23 aromatic rings. The first-order valence-corrected chi connectivity index (χ1v) is 62.4. The van der Waals surface area contributed by atoms with E-state index in [1.54, 1.807) is 0 Å². The molecule has 0 saturated heterocycles. The van der Waals surface area contributed by atoms with Gasteiger partial charge in [0.25, 0.3) is 0 Å². The summed E-state index contributed by atoms with van der Waals surface area (Å²) < 4.78 is 0. The molecule has 0 bridgehead atoms. The quantitative estimate of drug-likeness (QED) is 0.105. The Morgan fingerprint density at radius 2 is 0.356 bits per heavy atom. The van der Waals surface area contributed by atoms with Crippen molar-refractivity contribution in [3.8, 4) is 191 Å². The van der Waals surface area contributed by atoms with Gasteiger partial charge in [-0.15, -0.1) is 0 Å². The predicted molar refractivity (Wildman–Crippen MR) is 623 cm³/mol. The highest BCUT2D eigenvalue weighted by Crippen LogP contribution is 2.46. The first kappa shape index (κ1) is 91.4. The van der Waals surface area contributed by atoms with Crippen LogP contribution in [0.25, 0.3) is 212 Å². The number of nitrogens with zero attached hydrogens (tertiary/aromatic N) is 8. The topological polar surface area (TPSA) is 103 Å². The van der Waals surface area contributed by atoms with E-state index in [1.165, 1.54) is 153 Å². The van der Waals surface area contributed by atoms with Gasteiger partial charge in [-0.2, -0.15) is 0 Å². The molecule has 146 heavy (non-hydrogen) atoms. The Bertz CT molecular complexity index is 8990. The predicted octanol–water partition coefficient (Wildman–Crippen LogP) is 29.1. The molecule has 4 aliphatic rings. The van der Waals surface area contributed by atoms with Crippen LogP contribution in [0, 0.1) is 0 Å². The van der Waals surface area contributed by atoms with E-state index < -0.39 is 32.3 Å². The van der Waals surface area contributed by atoms with Crippen LogP contribution in [0.4, 0.5) is 0 Å². The molecule has 0 spiro atoms. The third-order valence-electron chi connectivity index (χ3n) is 29.8. The van der Waals surface area contributed by atoms with E-state index in [-0.39, 0.29) is 0 Å². The molecule has 8 nitrogen and oxygen atoms in total. The average Bonchev–Trinajstić information content (AvgIpc) is 1.54. The maximum absolute atomic E-state index is 5.43. The Kier molecular flexibility index (Phi) is 23.8. The van der Waals surface area contributed by atoms with E-state index in [0.717, 1.165) is 102 Å². The molecule has 0 fully saturated rings. The van der Waals surface area contributed by atoms with Gasteiger partial charge in [0.2, 0.25) is 0 Å². The van der Waals surface area contributed by atoms with Gasteiger partial charge in [-0.05, 0) is 144 Å². The van der Waals surface area contributed by atoms with Crippen LogP contribution in [-0.4, -0.2) is 72.2 Å². The van der Waals surface area contributed by atoms with Gasteiger partial charge in [-0.1, -0.05) is 513 Å². The first-order chi connectivity index (χ1) is 71.5. The summed E-state index contributed by atoms with van der Waals surface area (Å²) in [6, 6.07) is 172. The van der Waals surface area contributed by atoms with Crippen LogP contribution in [0.5, 0.6) is 0 Å². The zero-order valence-corrected chi connectivity index (χ0v) is 86.8. The lowest BCUT2D eigenvalue weighted by Gasteiger charge is -2.20. The highest BCUT2D eigenvalue weighted by molar-refractivity contribution is 7.05. The van der Waals surface area contributed by atoms with Crippen molar-refractivity contribution in [3.63, 3.8) is 0 Å². The fraction of sp³-hybridized carbons (Fsp3) is 0.0597. The molecule has 0 N–H and O–H groups in total. The molecule has 4 aromatic heterocycles. The average molecular weight is 1940 g/mol. The van der Waals surface area contributed by atoms with Gasteiger partial charge in [0.15, 0.2) is 23.3 Å². The minimum Gasteiger partial charge on any atom is -0.237 e. The third-order valence-corrected chi connectivity index (χ3v) is 43.1. The maximum atomic E-state index is 5.43. The summed E-state index contributed by atoms with van der Waals surface area (Å²) in [5.41, 5.74) is 34.7. The van der Waals surface area contributed by atoms with E-state index in [9.17, 15) is 0 Å². The van der Waals surface area contributed by atoms with Crippen LogP contribution in [0.3, 0.4) is 0 Å². The van der Waals surface area contributed by atoms with Crippen molar-refractivity contribution in [1.82, 2.24) is 39.9 Å². The van der Waals surface area contributed by atoms with Gasteiger partial charge in [0.05, 0.1) is 22.8 Å². The first-order valence-electron chi connectivity index (χ1n) is 50.4. The molecule has 27 rings (SSSR count). The van der Waals surface area contributed by atoms with Crippen LogP contribution >= 0.6 is 0 Å². The Labute approximate surface area is 857 Å². The lowest BCUT2D eigenvalue weighted by Crippen LogP contribution is -2.50. The molecule has 4 aliphatic heterocycles. The molecule has 0 atom stereocenters. The molecule has 19 aromatic carbocycles. The number of rotatable bonds is 13. The SMILES string of the molecule is C[Si]1(C)c2ccccc2-c2c(-c3cccc(-c4ccccc4)c3)nc(-c3ccccc3-c3ccccc3)nc21.C[Si]1(C)c2ccccc2-c2c(-c3ccccc3)nc(-c3ccc4ccccc4c3)nc21.C[Si]1(C)c2ccccc2-c2c(-c3ccccc3)nc(-c3cccc(-c4ccc5ccccc5c4)c3)nc21.C[Si]1(C)c2ccccc2-c2c(-c3ccccc3-c3ccccc3)nc(-c3ccccc3-c3ccccc3)nc21. The van der Waals surface area contributed by atoms with Crippen molar-refractivity contribution in [3.05, 3.63) is 485 Å². The van der Waals surface area contributed by atoms with E-state index in [0.29, 0.717) is 0 Å². The summed E-state index contributed by atoms with van der Waals surface area (Å²) in [5, 5.41) is 15.6. The van der Waals surface area contributed by atoms with E-state index in [4.69, 9.17) is 39.9 Å². The van der Waals surface area contributed by atoms with Crippen LogP contribution in [-0.2, 0) is 0 Å². The highest BCUT2D eigenvalue weighted by Gasteiger charge is 2.46. The maximum Gasteiger partial charge on any atom is 0.160 e. The van der Waals surface area contributed by atoms with Crippen molar-refractivity contribution in [2.75, 3.05) is 0 Å². The Balaban J connectivity index is 0.000000105. The zero-order chi connectivity index (χ0) is 98.8. The Morgan fingerprint density at radius 1 is 0.130 bits per heavy atom. The minimum atomic E-state index is -2.05. The van der Waals surface area contributed by atoms with Crippen molar-refractivity contribution in [2.45, 2.75) is 52.4 Å². The summed E-state index contributed by atoms with van der Waals surface area (Å²) in [6.07, 6.45) is 0. The molecule has 8 heterocycles. The summed E-state index contributed by atoms with van der Waals surface area (Å²) in [6.45, 7) is 19.3. The fourth-order valence-electron chi connectivity index (χ4n) is 22.3. The zero-order valence-electron chi connectivity index (χ0n) is 82.8. The van der Waals surface area contributed by atoms with Crippen LogP contribution in [0.2, 0.25) is 52.4 Å². The van der Waals surface area contributed by atoms with E-state index in [2.05, 4.69) is 538 Å². The smallest absolute Gasteiger partial charge is 0.160 e. The number of aromatic nitrogens is 8. The molecular weight excluding hydrogens is 1830 g/mol. The number of benzene rings is 19. The highest BCUT2D eigenvalue weighted by atomic mass is 28.3. The minimum absolute atomic E-state index is 0.791. The molecule has 696 valence electrons.